The van der Waals surface area contributed by atoms with E-state index in [0.717, 1.165) is 37.1 Å². The first-order valence-electron chi connectivity index (χ1n) is 10.3. The fourth-order valence-corrected chi connectivity index (χ4v) is 3.84. The van der Waals surface area contributed by atoms with E-state index in [1.165, 1.54) is 23.4 Å². The molecule has 2 amide bonds. The molecule has 0 saturated carbocycles. The maximum atomic E-state index is 12.8. The van der Waals surface area contributed by atoms with E-state index in [1.54, 1.807) is 0 Å². The molecule has 0 fully saturated rings. The number of hydrogen-bond acceptors (Lipinski definition) is 4. The van der Waals surface area contributed by atoms with Crippen molar-refractivity contribution in [2.45, 2.75) is 25.1 Å². The van der Waals surface area contributed by atoms with Crippen LogP contribution in [0.5, 0.6) is 0 Å². The minimum Gasteiger partial charge on any atom is -0.374 e. The van der Waals surface area contributed by atoms with Crippen molar-refractivity contribution in [3.8, 4) is 0 Å². The fraction of sp³-hybridized carbons (Fsp3) is 0.391. The van der Waals surface area contributed by atoms with Crippen LogP contribution in [0, 0.1) is 0 Å². The molecule has 0 unspecified atom stereocenters. The van der Waals surface area contributed by atoms with Crippen LogP contribution in [0.4, 0.5) is 24.5 Å². The second-order valence-corrected chi connectivity index (χ2v) is 8.14. The minimum absolute atomic E-state index is 0.0945. The van der Waals surface area contributed by atoms with Gasteiger partial charge in [-0.1, -0.05) is 18.2 Å². The summed E-state index contributed by atoms with van der Waals surface area (Å²) in [7, 11) is 5.82. The van der Waals surface area contributed by atoms with Gasteiger partial charge >= 0.3 is 18.0 Å². The van der Waals surface area contributed by atoms with Crippen LogP contribution in [0.25, 0.3) is 0 Å². The van der Waals surface area contributed by atoms with Gasteiger partial charge in [-0.15, -0.1) is 0 Å². The van der Waals surface area contributed by atoms with Gasteiger partial charge in [-0.05, 0) is 62.3 Å². The number of rotatable bonds is 5. The molecule has 1 aliphatic heterocycles. The number of carbonyl (C=O) groups excluding carboxylic acids is 2. The first-order chi connectivity index (χ1) is 15.1. The SMILES string of the molecule is CN1CCCc2cc([C@@H](CNC(=O)C(=O)Nc3cccc(C(F)(F)F)c3)N(C)C)ccc21. The summed E-state index contributed by atoms with van der Waals surface area (Å²) >= 11 is 0. The molecule has 1 atom stereocenters. The second kappa shape index (κ2) is 9.60. The molecule has 0 spiro atoms. The number of nitrogens with zero attached hydrogens (tertiary/aromatic N) is 2. The number of benzene rings is 2. The number of carbonyl (C=O) groups is 2. The molecule has 2 N–H and O–H groups in total. The van der Waals surface area contributed by atoms with Crippen molar-refractivity contribution in [3.05, 3.63) is 59.2 Å². The highest BCUT2D eigenvalue weighted by Gasteiger charge is 2.30. The van der Waals surface area contributed by atoms with Gasteiger partial charge in [0.25, 0.3) is 0 Å². The van der Waals surface area contributed by atoms with Crippen molar-refractivity contribution in [3.63, 3.8) is 0 Å². The molecule has 0 bridgehead atoms. The molecular weight excluding hydrogens is 421 g/mol. The standard InChI is InChI=1S/C23H27F3N4O2/c1-29(2)20(16-9-10-19-15(12-16)6-5-11-30(19)3)14-27-21(31)22(32)28-18-8-4-7-17(13-18)23(24,25)26/h4,7-10,12-13,20H,5-6,11,14H2,1-3H3,(H,27,31)(H,28,32)/t20-/m1/s1. The molecule has 2 aromatic rings. The lowest BCUT2D eigenvalue weighted by Crippen LogP contribution is -2.40. The number of nitrogens with one attached hydrogen (secondary N) is 2. The molecule has 172 valence electrons. The monoisotopic (exact) mass is 448 g/mol. The van der Waals surface area contributed by atoms with Gasteiger partial charge in [0, 0.05) is 31.5 Å². The Labute approximate surface area is 185 Å². The van der Waals surface area contributed by atoms with Crippen LogP contribution in [0.3, 0.4) is 0 Å². The molecule has 0 aromatic heterocycles. The quantitative estimate of drug-likeness (QED) is 0.688. The van der Waals surface area contributed by atoms with E-state index >= 15 is 0 Å². The highest BCUT2D eigenvalue weighted by Crippen LogP contribution is 2.31. The lowest BCUT2D eigenvalue weighted by molar-refractivity contribution is -0.137. The summed E-state index contributed by atoms with van der Waals surface area (Å²) in [5.41, 5.74) is 2.46. The third-order valence-electron chi connectivity index (χ3n) is 5.57. The van der Waals surface area contributed by atoms with Crippen molar-refractivity contribution in [1.29, 1.82) is 0 Å². The van der Waals surface area contributed by atoms with Gasteiger partial charge in [-0.25, -0.2) is 0 Å². The van der Waals surface area contributed by atoms with Crippen molar-refractivity contribution in [2.24, 2.45) is 0 Å². The third kappa shape index (κ3) is 5.59. The van der Waals surface area contributed by atoms with E-state index in [1.807, 2.05) is 25.1 Å². The van der Waals surface area contributed by atoms with E-state index in [4.69, 9.17) is 0 Å². The first kappa shape index (κ1) is 23.6. The Kier molecular flexibility index (Phi) is 7.08. The van der Waals surface area contributed by atoms with Crippen LogP contribution in [-0.2, 0) is 22.2 Å². The highest BCUT2D eigenvalue weighted by molar-refractivity contribution is 6.39. The van der Waals surface area contributed by atoms with Crippen molar-refractivity contribution in [1.82, 2.24) is 10.2 Å². The van der Waals surface area contributed by atoms with Gasteiger partial charge in [0.15, 0.2) is 0 Å². The highest BCUT2D eigenvalue weighted by atomic mass is 19.4. The predicted octanol–water partition coefficient (Wildman–Crippen LogP) is 3.45. The van der Waals surface area contributed by atoms with Crippen LogP contribution in [-0.4, -0.2) is 50.9 Å². The number of halogens is 3. The van der Waals surface area contributed by atoms with Crippen molar-refractivity contribution >= 4 is 23.2 Å². The average molecular weight is 448 g/mol. The van der Waals surface area contributed by atoms with Crippen molar-refractivity contribution in [2.75, 3.05) is 44.4 Å². The number of hydrogen-bond donors (Lipinski definition) is 2. The van der Waals surface area contributed by atoms with Crippen LogP contribution in [0.1, 0.15) is 29.2 Å². The summed E-state index contributed by atoms with van der Waals surface area (Å²) in [4.78, 5) is 28.6. The number of fused-ring (bicyclic) bond motifs is 1. The van der Waals surface area contributed by atoms with Gasteiger partial charge in [-0.2, -0.15) is 13.2 Å². The second-order valence-electron chi connectivity index (χ2n) is 8.14. The average Bonchev–Trinajstić information content (AvgIpc) is 2.73. The van der Waals surface area contributed by atoms with Crippen molar-refractivity contribution < 1.29 is 22.8 Å². The van der Waals surface area contributed by atoms with E-state index in [2.05, 4.69) is 34.7 Å². The van der Waals surface area contributed by atoms with Crippen LogP contribution in [0.15, 0.2) is 42.5 Å². The number of alkyl halides is 3. The zero-order valence-electron chi connectivity index (χ0n) is 18.3. The number of aryl methyl sites for hydroxylation is 1. The van der Waals surface area contributed by atoms with Crippen LogP contribution in [0.2, 0.25) is 0 Å². The summed E-state index contributed by atoms with van der Waals surface area (Å²) in [6.45, 7) is 1.19. The van der Waals surface area contributed by atoms with E-state index in [0.29, 0.717) is 0 Å². The molecule has 0 radical (unpaired) electrons. The van der Waals surface area contributed by atoms with Gasteiger partial charge in [0.2, 0.25) is 0 Å². The summed E-state index contributed by atoms with van der Waals surface area (Å²) in [6.07, 6.45) is -2.48. The Morgan fingerprint density at radius 3 is 2.56 bits per heavy atom. The largest absolute Gasteiger partial charge is 0.416 e. The molecule has 1 aliphatic rings. The van der Waals surface area contributed by atoms with Gasteiger partial charge < -0.3 is 20.4 Å². The lowest BCUT2D eigenvalue weighted by Gasteiger charge is -2.30. The van der Waals surface area contributed by atoms with E-state index < -0.39 is 23.6 Å². The zero-order chi connectivity index (χ0) is 23.5. The van der Waals surface area contributed by atoms with E-state index in [-0.39, 0.29) is 18.3 Å². The zero-order valence-corrected chi connectivity index (χ0v) is 18.3. The maximum Gasteiger partial charge on any atom is 0.416 e. The van der Waals surface area contributed by atoms with Crippen LogP contribution < -0.4 is 15.5 Å². The maximum absolute atomic E-state index is 12.8. The Balaban J connectivity index is 1.65. The fourth-order valence-electron chi connectivity index (χ4n) is 3.84. The number of amides is 2. The molecule has 9 heteroatoms. The lowest BCUT2D eigenvalue weighted by atomic mass is 9.96. The van der Waals surface area contributed by atoms with Gasteiger partial charge in [0.05, 0.1) is 11.6 Å². The Morgan fingerprint density at radius 2 is 1.88 bits per heavy atom. The summed E-state index contributed by atoms with van der Waals surface area (Å²) in [6, 6.07) is 10.2. The Morgan fingerprint density at radius 1 is 1.12 bits per heavy atom. The molecule has 0 aliphatic carbocycles. The Hall–Kier alpha value is -3.07. The minimum atomic E-state index is -4.54. The molecular formula is C23H27F3N4O2. The number of likely N-dealkylation sites (N-methyl/N-ethyl adjacent to an activating group) is 1. The van der Waals surface area contributed by atoms with Gasteiger partial charge in [0.1, 0.15) is 0 Å². The molecule has 0 saturated heterocycles. The summed E-state index contributed by atoms with van der Waals surface area (Å²) in [5, 5.41) is 4.81. The molecule has 32 heavy (non-hydrogen) atoms. The number of anilines is 2. The third-order valence-corrected chi connectivity index (χ3v) is 5.57. The molecule has 2 aromatic carbocycles. The molecule has 1 heterocycles. The topological polar surface area (TPSA) is 64.7 Å². The summed E-state index contributed by atoms with van der Waals surface area (Å²) in [5.74, 6) is -1.93. The predicted molar refractivity (Wildman–Crippen MR) is 118 cm³/mol. The molecule has 3 rings (SSSR count). The van der Waals surface area contributed by atoms with Crippen LogP contribution >= 0.6 is 0 Å². The van der Waals surface area contributed by atoms with Gasteiger partial charge in [-0.3, -0.25) is 9.59 Å². The molecule has 6 nitrogen and oxygen atoms in total. The Bertz CT molecular complexity index is 991. The summed E-state index contributed by atoms with van der Waals surface area (Å²) < 4.78 is 38.5. The first-order valence-corrected chi connectivity index (χ1v) is 10.3. The smallest absolute Gasteiger partial charge is 0.374 e. The normalized spacial score (nSPS) is 14.7. The van der Waals surface area contributed by atoms with E-state index in [9.17, 15) is 22.8 Å².